The minimum atomic E-state index is -0.662. The Bertz CT molecular complexity index is 237. The van der Waals surface area contributed by atoms with Gasteiger partial charge in [-0.1, -0.05) is 27.2 Å². The molecule has 0 aliphatic carbocycles. The molecule has 1 saturated heterocycles. The van der Waals surface area contributed by atoms with Gasteiger partial charge < -0.3 is 15.7 Å². The molecule has 0 aromatic heterocycles. The smallest absolute Gasteiger partial charge is 0.239 e. The lowest BCUT2D eigenvalue weighted by Gasteiger charge is -2.47. The van der Waals surface area contributed by atoms with Crippen LogP contribution < -0.4 is 5.73 Å². The summed E-state index contributed by atoms with van der Waals surface area (Å²) in [5.41, 5.74) is 5.18. The second-order valence-corrected chi connectivity index (χ2v) is 4.68. The maximum atomic E-state index is 11.8. The number of nitrogens with zero attached hydrogens (tertiary/aromatic N) is 1. The summed E-state index contributed by atoms with van der Waals surface area (Å²) in [6.07, 6.45) is 1.59. The lowest BCUT2D eigenvalue weighted by Crippen LogP contribution is -2.66. The number of β-amino-alcohol motifs (C(OH)–C–C–N with tert-alkyl or cyclic N) is 1. The minimum Gasteiger partial charge on any atom is -0.386 e. The van der Waals surface area contributed by atoms with Crippen LogP contribution in [0.3, 0.4) is 0 Å². The number of nitrogens with two attached hydrogens (primary N) is 1. The van der Waals surface area contributed by atoms with E-state index in [0.717, 1.165) is 6.42 Å². The van der Waals surface area contributed by atoms with Gasteiger partial charge in [0, 0.05) is 0 Å². The largest absolute Gasteiger partial charge is 0.386 e. The third-order valence-corrected chi connectivity index (χ3v) is 3.48. The molecule has 1 aliphatic heterocycles. The summed E-state index contributed by atoms with van der Waals surface area (Å²) in [4.78, 5) is 13.5. The maximum absolute atomic E-state index is 11.8. The van der Waals surface area contributed by atoms with Crippen molar-refractivity contribution in [3.63, 3.8) is 0 Å². The van der Waals surface area contributed by atoms with E-state index in [1.54, 1.807) is 4.90 Å². The second kappa shape index (κ2) is 4.49. The molecule has 88 valence electrons. The number of hydrogen-bond donors (Lipinski definition) is 2. The van der Waals surface area contributed by atoms with Crippen LogP contribution in [-0.4, -0.2) is 40.6 Å². The molecular formula is C11H22N2O2. The summed E-state index contributed by atoms with van der Waals surface area (Å²) in [7, 11) is 0. The quantitative estimate of drug-likeness (QED) is 0.709. The average Bonchev–Trinajstić information content (AvgIpc) is 2.21. The van der Waals surface area contributed by atoms with Crippen molar-refractivity contribution in [1.29, 1.82) is 0 Å². The Kier molecular flexibility index (Phi) is 3.73. The van der Waals surface area contributed by atoms with Crippen LogP contribution in [0.5, 0.6) is 0 Å². The SMILES string of the molecule is CCC(C)[C@H](N)C(=O)N1CC(O)(CC)C1. The molecule has 4 heteroatoms. The summed E-state index contributed by atoms with van der Waals surface area (Å²) in [6.45, 7) is 6.81. The average molecular weight is 214 g/mol. The molecule has 1 rings (SSSR count). The highest BCUT2D eigenvalue weighted by molar-refractivity contribution is 5.83. The highest BCUT2D eigenvalue weighted by Crippen LogP contribution is 2.25. The lowest BCUT2D eigenvalue weighted by molar-refractivity contribution is -0.158. The van der Waals surface area contributed by atoms with E-state index in [0.29, 0.717) is 19.5 Å². The monoisotopic (exact) mass is 214 g/mol. The van der Waals surface area contributed by atoms with Gasteiger partial charge >= 0.3 is 0 Å². The van der Waals surface area contributed by atoms with Gasteiger partial charge in [0.25, 0.3) is 0 Å². The zero-order valence-corrected chi connectivity index (χ0v) is 9.86. The van der Waals surface area contributed by atoms with Crippen molar-refractivity contribution in [2.24, 2.45) is 11.7 Å². The third kappa shape index (κ3) is 2.49. The van der Waals surface area contributed by atoms with Crippen molar-refractivity contribution < 1.29 is 9.90 Å². The number of aliphatic hydroxyl groups is 1. The molecule has 0 saturated carbocycles. The van der Waals surface area contributed by atoms with Gasteiger partial charge in [-0.15, -0.1) is 0 Å². The number of amides is 1. The van der Waals surface area contributed by atoms with Crippen LogP contribution in [0.15, 0.2) is 0 Å². The molecule has 4 nitrogen and oxygen atoms in total. The van der Waals surface area contributed by atoms with Crippen LogP contribution in [0, 0.1) is 5.92 Å². The van der Waals surface area contributed by atoms with E-state index in [4.69, 9.17) is 5.73 Å². The second-order valence-electron chi connectivity index (χ2n) is 4.68. The van der Waals surface area contributed by atoms with Crippen LogP contribution in [0.25, 0.3) is 0 Å². The van der Waals surface area contributed by atoms with Crippen LogP contribution in [0.1, 0.15) is 33.6 Å². The highest BCUT2D eigenvalue weighted by Gasteiger charge is 2.43. The number of carbonyl (C=O) groups is 1. The van der Waals surface area contributed by atoms with Gasteiger partial charge in [0.05, 0.1) is 24.7 Å². The Hall–Kier alpha value is -0.610. The maximum Gasteiger partial charge on any atom is 0.239 e. The van der Waals surface area contributed by atoms with Crippen molar-refractivity contribution in [3.05, 3.63) is 0 Å². The zero-order valence-electron chi connectivity index (χ0n) is 9.86. The predicted octanol–water partition coefficient (Wildman–Crippen LogP) is 0.343. The molecule has 0 aromatic carbocycles. The number of hydrogen-bond acceptors (Lipinski definition) is 3. The van der Waals surface area contributed by atoms with Gasteiger partial charge in [-0.25, -0.2) is 0 Å². The molecule has 2 atom stereocenters. The Morgan fingerprint density at radius 1 is 1.53 bits per heavy atom. The molecule has 0 bridgehead atoms. The molecule has 0 radical (unpaired) electrons. The molecule has 1 unspecified atom stereocenters. The molecule has 0 aromatic rings. The molecule has 15 heavy (non-hydrogen) atoms. The summed E-state index contributed by atoms with van der Waals surface area (Å²) in [6, 6.07) is -0.420. The van der Waals surface area contributed by atoms with E-state index < -0.39 is 11.6 Å². The molecule has 1 fully saturated rings. The van der Waals surface area contributed by atoms with Crippen LogP contribution in [-0.2, 0) is 4.79 Å². The summed E-state index contributed by atoms with van der Waals surface area (Å²) >= 11 is 0. The molecule has 0 spiro atoms. The summed E-state index contributed by atoms with van der Waals surface area (Å²) < 4.78 is 0. The normalized spacial score (nSPS) is 23.1. The topological polar surface area (TPSA) is 66.6 Å². The molecular weight excluding hydrogens is 192 g/mol. The van der Waals surface area contributed by atoms with Crippen LogP contribution in [0.2, 0.25) is 0 Å². The van der Waals surface area contributed by atoms with E-state index in [-0.39, 0.29) is 11.8 Å². The molecule has 1 aliphatic rings. The minimum absolute atomic E-state index is 0.0255. The fraction of sp³-hybridized carbons (Fsp3) is 0.909. The molecule has 1 heterocycles. The Balaban J connectivity index is 2.44. The lowest BCUT2D eigenvalue weighted by atomic mass is 9.89. The fourth-order valence-corrected chi connectivity index (χ4v) is 1.75. The first-order chi connectivity index (χ1) is 6.93. The van der Waals surface area contributed by atoms with Crippen molar-refractivity contribution in [3.8, 4) is 0 Å². The van der Waals surface area contributed by atoms with Gasteiger partial charge in [0.1, 0.15) is 0 Å². The Labute approximate surface area is 91.4 Å². The fourth-order valence-electron chi connectivity index (χ4n) is 1.75. The van der Waals surface area contributed by atoms with Crippen molar-refractivity contribution in [2.75, 3.05) is 13.1 Å². The number of rotatable bonds is 4. The Morgan fingerprint density at radius 2 is 2.07 bits per heavy atom. The van der Waals surface area contributed by atoms with E-state index in [1.165, 1.54) is 0 Å². The number of likely N-dealkylation sites (tertiary alicyclic amines) is 1. The van der Waals surface area contributed by atoms with E-state index >= 15 is 0 Å². The van der Waals surface area contributed by atoms with Gasteiger partial charge in [-0.05, 0) is 12.3 Å². The number of carbonyl (C=O) groups excluding carboxylic acids is 1. The standard InChI is InChI=1S/C11H22N2O2/c1-4-8(3)9(12)10(14)13-6-11(15,5-2)7-13/h8-9,15H,4-7,12H2,1-3H3/t8?,9-/m0/s1. The predicted molar refractivity (Wildman–Crippen MR) is 59.3 cm³/mol. The summed E-state index contributed by atoms with van der Waals surface area (Å²) in [5.74, 6) is 0.176. The van der Waals surface area contributed by atoms with Gasteiger partial charge in [-0.3, -0.25) is 4.79 Å². The molecule has 1 amide bonds. The van der Waals surface area contributed by atoms with E-state index in [9.17, 15) is 9.90 Å². The van der Waals surface area contributed by atoms with Gasteiger partial charge in [-0.2, -0.15) is 0 Å². The van der Waals surface area contributed by atoms with Gasteiger partial charge in [0.15, 0.2) is 0 Å². The van der Waals surface area contributed by atoms with Crippen LogP contribution >= 0.6 is 0 Å². The van der Waals surface area contributed by atoms with E-state index in [1.807, 2.05) is 20.8 Å². The Morgan fingerprint density at radius 3 is 2.47 bits per heavy atom. The highest BCUT2D eigenvalue weighted by atomic mass is 16.3. The first-order valence-corrected chi connectivity index (χ1v) is 5.70. The van der Waals surface area contributed by atoms with Crippen molar-refractivity contribution in [1.82, 2.24) is 4.90 Å². The van der Waals surface area contributed by atoms with Crippen LogP contribution in [0.4, 0.5) is 0 Å². The van der Waals surface area contributed by atoms with Crippen molar-refractivity contribution >= 4 is 5.91 Å². The first kappa shape index (κ1) is 12.5. The van der Waals surface area contributed by atoms with Gasteiger partial charge in [0.2, 0.25) is 5.91 Å². The van der Waals surface area contributed by atoms with Crippen molar-refractivity contribution in [2.45, 2.75) is 45.3 Å². The molecule has 3 N–H and O–H groups in total. The first-order valence-electron chi connectivity index (χ1n) is 5.70. The summed E-state index contributed by atoms with van der Waals surface area (Å²) in [5, 5.41) is 9.78. The zero-order chi connectivity index (χ0) is 11.6. The van der Waals surface area contributed by atoms with E-state index in [2.05, 4.69) is 0 Å². The third-order valence-electron chi connectivity index (χ3n) is 3.48.